The van der Waals surface area contributed by atoms with Crippen LogP contribution in [0, 0.1) is 0 Å². The van der Waals surface area contributed by atoms with E-state index in [1.165, 1.54) is 4.90 Å². The van der Waals surface area contributed by atoms with Crippen molar-refractivity contribution in [3.8, 4) is 0 Å². The predicted molar refractivity (Wildman–Crippen MR) is 147 cm³/mol. The number of anilines is 1. The molecule has 0 aliphatic rings. The normalized spacial score (nSPS) is 13.1. The molecule has 0 saturated carbocycles. The molecule has 0 heterocycles. The van der Waals surface area contributed by atoms with Crippen LogP contribution in [0.4, 0.5) is 5.69 Å². The molecule has 0 radical (unpaired) electrons. The highest BCUT2D eigenvalue weighted by molar-refractivity contribution is 7.92. The van der Waals surface area contributed by atoms with Crippen LogP contribution in [0.2, 0.25) is 10.0 Å². The fourth-order valence-corrected chi connectivity index (χ4v) is 4.88. The Hall–Kier alpha value is -2.29. The van der Waals surface area contributed by atoms with E-state index in [-0.39, 0.29) is 18.5 Å². The summed E-state index contributed by atoms with van der Waals surface area (Å²) in [5.41, 5.74) is 2.10. The standard InChI is InChI=1S/C26H35Cl2N3O4S/c1-6-18(4)29-26(33)24(8-3)30(16-20-11-14-22(27)23(28)15-20)25(32)17-31(36(5,34)35)21-12-9-19(7-2)10-13-21/h9-15,18,24H,6-8,16-17H2,1-5H3,(H,29,33)/t18-,24+/m0/s1. The number of aryl methyl sites for hydroxylation is 1. The monoisotopic (exact) mass is 555 g/mol. The second-order valence-corrected chi connectivity index (χ2v) is 11.5. The third kappa shape index (κ3) is 8.11. The zero-order chi connectivity index (χ0) is 27.0. The van der Waals surface area contributed by atoms with Crippen molar-refractivity contribution >= 4 is 50.7 Å². The molecule has 36 heavy (non-hydrogen) atoms. The highest BCUT2D eigenvalue weighted by atomic mass is 35.5. The highest BCUT2D eigenvalue weighted by Crippen LogP contribution is 2.25. The molecule has 2 aromatic rings. The number of benzene rings is 2. The Bertz CT molecular complexity index is 1160. The van der Waals surface area contributed by atoms with Crippen LogP contribution in [0.5, 0.6) is 0 Å². The number of rotatable bonds is 12. The van der Waals surface area contributed by atoms with Gasteiger partial charge in [0.2, 0.25) is 21.8 Å². The van der Waals surface area contributed by atoms with E-state index in [9.17, 15) is 18.0 Å². The third-order valence-electron chi connectivity index (χ3n) is 6.04. The number of nitrogens with one attached hydrogen (secondary N) is 1. The Morgan fingerprint density at radius 3 is 2.06 bits per heavy atom. The van der Waals surface area contributed by atoms with Gasteiger partial charge in [0.15, 0.2) is 0 Å². The lowest BCUT2D eigenvalue weighted by Crippen LogP contribution is -2.53. The number of carbonyl (C=O) groups excluding carboxylic acids is 2. The van der Waals surface area contributed by atoms with E-state index in [4.69, 9.17) is 23.2 Å². The van der Waals surface area contributed by atoms with E-state index < -0.39 is 28.5 Å². The molecule has 0 spiro atoms. The highest BCUT2D eigenvalue weighted by Gasteiger charge is 2.32. The number of amides is 2. The van der Waals surface area contributed by atoms with Gasteiger partial charge in [0.05, 0.1) is 22.0 Å². The molecule has 2 aromatic carbocycles. The molecule has 0 fully saturated rings. The largest absolute Gasteiger partial charge is 0.352 e. The molecule has 0 aromatic heterocycles. The quantitative estimate of drug-likeness (QED) is 0.397. The predicted octanol–water partition coefficient (Wildman–Crippen LogP) is 5.04. The lowest BCUT2D eigenvalue weighted by Gasteiger charge is -2.33. The van der Waals surface area contributed by atoms with Gasteiger partial charge < -0.3 is 10.2 Å². The number of halogens is 2. The van der Waals surface area contributed by atoms with Crippen LogP contribution in [0.15, 0.2) is 42.5 Å². The lowest BCUT2D eigenvalue weighted by atomic mass is 10.1. The fourth-order valence-electron chi connectivity index (χ4n) is 3.71. The molecule has 10 heteroatoms. The third-order valence-corrected chi connectivity index (χ3v) is 7.92. The topological polar surface area (TPSA) is 86.8 Å². The lowest BCUT2D eigenvalue weighted by molar-refractivity contribution is -0.140. The smallest absolute Gasteiger partial charge is 0.244 e. The van der Waals surface area contributed by atoms with E-state index >= 15 is 0 Å². The zero-order valence-electron chi connectivity index (χ0n) is 21.4. The summed E-state index contributed by atoms with van der Waals surface area (Å²) >= 11 is 12.2. The van der Waals surface area contributed by atoms with E-state index in [0.29, 0.717) is 27.7 Å². The molecule has 2 atom stereocenters. The first-order valence-electron chi connectivity index (χ1n) is 12.0. The molecule has 2 rings (SSSR count). The van der Waals surface area contributed by atoms with Gasteiger partial charge in [-0.15, -0.1) is 0 Å². The SMILES string of the molecule is CCc1ccc(N(CC(=O)N(Cc2ccc(Cl)c(Cl)c2)[C@H](CC)C(=O)N[C@@H](C)CC)S(C)(=O)=O)cc1. The Morgan fingerprint density at radius 2 is 1.56 bits per heavy atom. The van der Waals surface area contributed by atoms with Crippen molar-refractivity contribution in [1.82, 2.24) is 10.2 Å². The summed E-state index contributed by atoms with van der Waals surface area (Å²) < 4.78 is 26.4. The number of carbonyl (C=O) groups is 2. The van der Waals surface area contributed by atoms with Crippen LogP contribution in [0.3, 0.4) is 0 Å². The maximum absolute atomic E-state index is 13.7. The maximum atomic E-state index is 13.7. The second kappa shape index (κ2) is 13.3. The van der Waals surface area contributed by atoms with Crippen LogP contribution in [0.1, 0.15) is 51.7 Å². The molecule has 198 valence electrons. The van der Waals surface area contributed by atoms with Crippen molar-refractivity contribution in [1.29, 1.82) is 0 Å². The van der Waals surface area contributed by atoms with Gasteiger partial charge in [0.25, 0.3) is 0 Å². The first-order valence-corrected chi connectivity index (χ1v) is 14.6. The van der Waals surface area contributed by atoms with Crippen LogP contribution >= 0.6 is 23.2 Å². The maximum Gasteiger partial charge on any atom is 0.244 e. The molecule has 7 nitrogen and oxygen atoms in total. The summed E-state index contributed by atoms with van der Waals surface area (Å²) in [7, 11) is -3.78. The minimum absolute atomic E-state index is 0.0640. The number of hydrogen-bond donors (Lipinski definition) is 1. The number of nitrogens with zero attached hydrogens (tertiary/aromatic N) is 2. The summed E-state index contributed by atoms with van der Waals surface area (Å²) in [4.78, 5) is 28.2. The summed E-state index contributed by atoms with van der Waals surface area (Å²) in [5.74, 6) is -0.796. The van der Waals surface area contributed by atoms with Crippen molar-refractivity contribution in [3.63, 3.8) is 0 Å². The Labute approximate surface area is 224 Å². The van der Waals surface area contributed by atoms with Gasteiger partial charge in [-0.2, -0.15) is 0 Å². The molecule has 0 aliphatic heterocycles. The fraction of sp³-hybridized carbons (Fsp3) is 0.462. The molecule has 0 unspecified atom stereocenters. The molecule has 2 amide bonds. The summed E-state index contributed by atoms with van der Waals surface area (Å²) in [6.45, 7) is 7.28. The second-order valence-electron chi connectivity index (χ2n) is 8.80. The summed E-state index contributed by atoms with van der Waals surface area (Å²) in [6.07, 6.45) is 2.95. The number of sulfonamides is 1. The van der Waals surface area contributed by atoms with Crippen molar-refractivity contribution in [3.05, 3.63) is 63.6 Å². The van der Waals surface area contributed by atoms with Gasteiger partial charge in [-0.25, -0.2) is 8.42 Å². The molecule has 0 saturated heterocycles. The molecule has 1 N–H and O–H groups in total. The summed E-state index contributed by atoms with van der Waals surface area (Å²) in [6, 6.07) is 11.2. The molecular weight excluding hydrogens is 521 g/mol. The van der Waals surface area contributed by atoms with Crippen molar-refractivity contribution < 1.29 is 18.0 Å². The van der Waals surface area contributed by atoms with Crippen LogP contribution in [-0.4, -0.2) is 50.0 Å². The average Bonchev–Trinajstić information content (AvgIpc) is 2.83. The van der Waals surface area contributed by atoms with E-state index in [1.807, 2.05) is 39.8 Å². The van der Waals surface area contributed by atoms with E-state index in [0.717, 1.165) is 29.0 Å². The van der Waals surface area contributed by atoms with Crippen molar-refractivity contribution in [2.24, 2.45) is 0 Å². The van der Waals surface area contributed by atoms with Crippen LogP contribution in [0.25, 0.3) is 0 Å². The first kappa shape index (κ1) is 29.9. The van der Waals surface area contributed by atoms with Gasteiger partial charge in [0, 0.05) is 12.6 Å². The van der Waals surface area contributed by atoms with Crippen molar-refractivity contribution in [2.45, 2.75) is 65.6 Å². The van der Waals surface area contributed by atoms with Crippen LogP contribution in [-0.2, 0) is 32.6 Å². The van der Waals surface area contributed by atoms with Crippen LogP contribution < -0.4 is 9.62 Å². The summed E-state index contributed by atoms with van der Waals surface area (Å²) in [5, 5.41) is 3.64. The number of hydrogen-bond acceptors (Lipinski definition) is 4. The average molecular weight is 557 g/mol. The van der Waals surface area contributed by atoms with Crippen molar-refractivity contribution in [2.75, 3.05) is 17.1 Å². The Morgan fingerprint density at radius 1 is 0.944 bits per heavy atom. The Kier molecular flexibility index (Phi) is 11.1. The van der Waals surface area contributed by atoms with Gasteiger partial charge in [-0.05, 0) is 61.6 Å². The molecule has 0 bridgehead atoms. The van der Waals surface area contributed by atoms with Gasteiger partial charge in [-0.1, -0.05) is 62.2 Å². The molecule has 0 aliphatic carbocycles. The Balaban J connectivity index is 2.45. The van der Waals surface area contributed by atoms with Gasteiger partial charge in [0.1, 0.15) is 12.6 Å². The van der Waals surface area contributed by atoms with E-state index in [1.54, 1.807) is 30.3 Å². The minimum atomic E-state index is -3.78. The van der Waals surface area contributed by atoms with Gasteiger partial charge in [-0.3, -0.25) is 13.9 Å². The van der Waals surface area contributed by atoms with E-state index in [2.05, 4.69) is 5.32 Å². The minimum Gasteiger partial charge on any atom is -0.352 e. The molecular formula is C26H35Cl2N3O4S. The van der Waals surface area contributed by atoms with Gasteiger partial charge >= 0.3 is 0 Å². The first-order chi connectivity index (χ1) is 16.9. The zero-order valence-corrected chi connectivity index (χ0v) is 23.8.